The Morgan fingerprint density at radius 2 is 1.65 bits per heavy atom. The third kappa shape index (κ3) is 8.02. The van der Waals surface area contributed by atoms with Crippen molar-refractivity contribution in [2.45, 2.75) is 51.2 Å². The molecule has 1 N–H and O–H groups in total. The monoisotopic (exact) mass is 961 g/mol. The molecule has 13 heteroatoms. The van der Waals surface area contributed by atoms with Crippen LogP contribution in [0.3, 0.4) is 0 Å². The van der Waals surface area contributed by atoms with Crippen molar-refractivity contribution < 1.29 is 33.5 Å². The summed E-state index contributed by atoms with van der Waals surface area (Å²) in [4.78, 5) is 46.1. The van der Waals surface area contributed by atoms with Crippen LogP contribution in [-0.4, -0.2) is 61.6 Å². The average molecular weight is 962 g/mol. The molecule has 0 radical (unpaired) electrons. The van der Waals surface area contributed by atoms with Gasteiger partial charge in [0.25, 0.3) is 14.0 Å². The van der Waals surface area contributed by atoms with Gasteiger partial charge in [-0.3, -0.25) is 24.7 Å². The SMILES string of the molecule is COc1cc(/C=C(/CC[C@H]2OC[C@H]3C2=C(CO[Si](c2ccccc2)(c2ccccc2)C(C)(C)C)C[C@H]2C(=O)N(c4cccc([N+](=O)[O-])c4)C(=O)[C@H]23)c2ccccn2)cc(I)c1O. The Hall–Kier alpha value is -5.48. The molecule has 4 atom stereocenters. The standard InChI is InChI=1S/C49H48IN3O8Si/c1-49(2,3)62(36-16-7-5-8-17-36,37-18-9-6-10-19-37)61-29-33-27-38-45(48(56)52(47(38)55)34-14-13-15-35(28-34)53(57)58)39-30-60-42(44(33)39)22-21-32(41-20-11-12-23-51-41)24-31-25-40(50)46(54)43(26-31)59-4/h5-20,23-26,28,38-39,42,45,54H,21-22,27,29-30H2,1-4H3/b32-24-/t38-,39+,42-,45-/m1/s1. The summed E-state index contributed by atoms with van der Waals surface area (Å²) >= 11 is 2.09. The van der Waals surface area contributed by atoms with E-state index >= 15 is 0 Å². The van der Waals surface area contributed by atoms with Crippen molar-refractivity contribution >= 4 is 76.1 Å². The minimum absolute atomic E-state index is 0.0781. The first-order valence-electron chi connectivity index (χ1n) is 20.7. The molecule has 11 nitrogen and oxygen atoms in total. The third-order valence-corrected chi connectivity index (χ3v) is 18.3. The van der Waals surface area contributed by atoms with Gasteiger partial charge in [0, 0.05) is 24.2 Å². The molecule has 2 aliphatic heterocycles. The van der Waals surface area contributed by atoms with Crippen LogP contribution < -0.4 is 20.0 Å². The minimum Gasteiger partial charge on any atom is -0.504 e. The van der Waals surface area contributed by atoms with E-state index in [4.69, 9.17) is 18.9 Å². The lowest BCUT2D eigenvalue weighted by atomic mass is 9.69. The first kappa shape index (κ1) is 43.2. The van der Waals surface area contributed by atoms with Crippen LogP contribution in [0.2, 0.25) is 5.04 Å². The van der Waals surface area contributed by atoms with Crippen LogP contribution in [0.4, 0.5) is 11.4 Å². The number of non-ortho nitro benzene ring substituents is 1. The molecule has 2 saturated heterocycles. The van der Waals surface area contributed by atoms with Crippen LogP contribution in [0.1, 0.15) is 51.3 Å². The van der Waals surface area contributed by atoms with Crippen LogP contribution in [0.15, 0.2) is 133 Å². The van der Waals surface area contributed by atoms with Gasteiger partial charge in [0.2, 0.25) is 11.8 Å². The number of hydrogen-bond donors (Lipinski definition) is 1. The maximum atomic E-state index is 14.6. The van der Waals surface area contributed by atoms with Gasteiger partial charge in [0.1, 0.15) is 0 Å². The summed E-state index contributed by atoms with van der Waals surface area (Å²) in [6.07, 6.45) is 4.81. The molecule has 3 aliphatic rings. The summed E-state index contributed by atoms with van der Waals surface area (Å²) in [6.45, 7) is 7.15. The zero-order chi connectivity index (χ0) is 43.8. The number of carbonyl (C=O) groups excluding carboxylic acids is 2. The van der Waals surface area contributed by atoms with E-state index in [2.05, 4.69) is 67.6 Å². The fourth-order valence-corrected chi connectivity index (χ4v) is 14.9. The second-order valence-corrected chi connectivity index (χ2v) is 22.5. The number of halogens is 1. The highest BCUT2D eigenvalue weighted by Gasteiger charge is 2.58. The highest BCUT2D eigenvalue weighted by molar-refractivity contribution is 14.1. The lowest BCUT2D eigenvalue weighted by molar-refractivity contribution is -0.384. The van der Waals surface area contributed by atoms with Crippen LogP contribution >= 0.6 is 22.6 Å². The highest BCUT2D eigenvalue weighted by atomic mass is 127. The predicted octanol–water partition coefficient (Wildman–Crippen LogP) is 8.73. The van der Waals surface area contributed by atoms with Gasteiger partial charge in [-0.2, -0.15) is 0 Å². The lowest BCUT2D eigenvalue weighted by Gasteiger charge is -2.44. The number of rotatable bonds is 13. The number of hydrogen-bond acceptors (Lipinski definition) is 9. The molecule has 2 amide bonds. The highest BCUT2D eigenvalue weighted by Crippen LogP contribution is 2.51. The largest absolute Gasteiger partial charge is 0.504 e. The smallest absolute Gasteiger partial charge is 0.271 e. The Labute approximate surface area is 375 Å². The number of nitrogens with zero attached hydrogens (tertiary/aromatic N) is 3. The number of fused-ring (bicyclic) bond motifs is 3. The molecule has 62 heavy (non-hydrogen) atoms. The van der Waals surface area contributed by atoms with Crippen molar-refractivity contribution in [3.8, 4) is 11.5 Å². The maximum Gasteiger partial charge on any atom is 0.271 e. The molecule has 8 rings (SSSR count). The Morgan fingerprint density at radius 1 is 0.952 bits per heavy atom. The molecule has 1 aromatic heterocycles. The van der Waals surface area contributed by atoms with Gasteiger partial charge in [-0.1, -0.05) is 93.6 Å². The zero-order valence-corrected chi connectivity index (χ0v) is 38.2. The maximum absolute atomic E-state index is 14.6. The number of amides is 2. The van der Waals surface area contributed by atoms with Crippen molar-refractivity contribution in [3.05, 3.63) is 158 Å². The van der Waals surface area contributed by atoms with Gasteiger partial charge in [-0.15, -0.1) is 0 Å². The number of phenols is 1. The molecular weight excluding hydrogens is 914 g/mol. The molecular formula is C49H48IN3O8Si. The molecule has 0 spiro atoms. The summed E-state index contributed by atoms with van der Waals surface area (Å²) in [6, 6.07) is 36.0. The fraction of sp³-hybridized carbons (Fsp3) is 0.286. The molecule has 0 bridgehead atoms. The molecule has 0 unspecified atom stereocenters. The van der Waals surface area contributed by atoms with E-state index in [1.807, 2.05) is 66.7 Å². The Balaban J connectivity index is 1.20. The van der Waals surface area contributed by atoms with Gasteiger partial charge in [0.05, 0.1) is 58.1 Å². The number of nitro benzene ring substituents is 1. The number of carbonyl (C=O) groups is 2. The van der Waals surface area contributed by atoms with E-state index in [-0.39, 0.29) is 47.2 Å². The average Bonchev–Trinajstić information content (AvgIpc) is 3.81. The fourth-order valence-electron chi connectivity index (χ4n) is 9.71. The first-order valence-corrected chi connectivity index (χ1v) is 23.7. The molecule has 4 aromatic carbocycles. The van der Waals surface area contributed by atoms with Crippen LogP contribution in [-0.2, 0) is 18.8 Å². The second kappa shape index (κ2) is 17.7. The van der Waals surface area contributed by atoms with Gasteiger partial charge in [-0.25, -0.2) is 4.90 Å². The number of phenolic OH excluding ortho intramolecular Hbond substituents is 1. The number of benzene rings is 4. The van der Waals surface area contributed by atoms with E-state index in [9.17, 15) is 24.8 Å². The van der Waals surface area contributed by atoms with Crippen LogP contribution in [0.25, 0.3) is 11.6 Å². The Kier molecular flexibility index (Phi) is 12.3. The predicted molar refractivity (Wildman–Crippen MR) is 250 cm³/mol. The minimum atomic E-state index is -3.03. The lowest BCUT2D eigenvalue weighted by Crippen LogP contribution is -2.66. The number of nitro groups is 1. The number of methoxy groups -OCH3 is 1. The number of allylic oxidation sites excluding steroid dienone is 1. The van der Waals surface area contributed by atoms with E-state index in [1.165, 1.54) is 25.3 Å². The first-order chi connectivity index (χ1) is 29.8. The number of aromatic nitrogens is 1. The van der Waals surface area contributed by atoms with Gasteiger partial charge < -0.3 is 19.0 Å². The number of anilines is 1. The number of imide groups is 1. The normalized spacial score (nSPS) is 20.3. The summed E-state index contributed by atoms with van der Waals surface area (Å²) in [5, 5.41) is 24.3. The third-order valence-electron chi connectivity index (χ3n) is 12.5. The Bertz CT molecular complexity index is 2520. The van der Waals surface area contributed by atoms with Crippen LogP contribution in [0.5, 0.6) is 11.5 Å². The topological polar surface area (TPSA) is 141 Å². The van der Waals surface area contributed by atoms with Crippen molar-refractivity contribution in [2.75, 3.05) is 25.2 Å². The summed E-state index contributed by atoms with van der Waals surface area (Å²) in [5.74, 6) is -2.08. The van der Waals surface area contributed by atoms with Crippen molar-refractivity contribution in [1.82, 2.24) is 4.98 Å². The van der Waals surface area contributed by atoms with Gasteiger partial charge >= 0.3 is 0 Å². The molecule has 2 fully saturated rings. The summed E-state index contributed by atoms with van der Waals surface area (Å²) in [5.41, 5.74) is 4.52. The summed E-state index contributed by atoms with van der Waals surface area (Å²) in [7, 11) is -1.51. The number of aromatic hydroxyl groups is 1. The van der Waals surface area contributed by atoms with Crippen LogP contribution in [0, 0.1) is 31.4 Å². The molecule has 3 heterocycles. The molecule has 0 saturated carbocycles. The van der Waals surface area contributed by atoms with Crippen molar-refractivity contribution in [2.24, 2.45) is 17.8 Å². The van der Waals surface area contributed by atoms with E-state index in [0.29, 0.717) is 28.6 Å². The summed E-state index contributed by atoms with van der Waals surface area (Å²) < 4.78 is 20.4. The molecule has 5 aromatic rings. The second-order valence-electron chi connectivity index (χ2n) is 17.0. The molecule has 318 valence electrons. The van der Waals surface area contributed by atoms with E-state index in [1.54, 1.807) is 18.3 Å². The van der Waals surface area contributed by atoms with Crippen molar-refractivity contribution in [1.29, 1.82) is 0 Å². The number of ether oxygens (including phenoxy) is 2. The molecule has 1 aliphatic carbocycles. The zero-order valence-electron chi connectivity index (χ0n) is 35.0. The van der Waals surface area contributed by atoms with E-state index in [0.717, 1.165) is 43.3 Å². The van der Waals surface area contributed by atoms with Crippen molar-refractivity contribution in [3.63, 3.8) is 0 Å². The van der Waals surface area contributed by atoms with E-state index < -0.39 is 37.1 Å². The number of pyridine rings is 1. The Morgan fingerprint density at radius 3 is 2.27 bits per heavy atom. The van der Waals surface area contributed by atoms with Gasteiger partial charge in [-0.05, 0) is 116 Å². The van der Waals surface area contributed by atoms with Gasteiger partial charge in [0.15, 0.2) is 11.5 Å². The quantitative estimate of drug-likeness (QED) is 0.0306.